The Kier molecular flexibility index (Phi) is 5.46. The Hall–Kier alpha value is -1.03. The Morgan fingerprint density at radius 1 is 1.30 bits per heavy atom. The minimum absolute atomic E-state index is 0.0558. The van der Waals surface area contributed by atoms with Gasteiger partial charge in [0.2, 0.25) is 0 Å². The Morgan fingerprint density at radius 2 is 2.10 bits per heavy atom. The molecule has 0 N–H and O–H groups in total. The molecule has 0 aliphatic heterocycles. The van der Waals surface area contributed by atoms with Crippen molar-refractivity contribution in [1.82, 2.24) is 4.90 Å². The fourth-order valence-electron chi connectivity index (χ4n) is 1.96. The summed E-state index contributed by atoms with van der Waals surface area (Å²) in [5.41, 5.74) is 1.64. The van der Waals surface area contributed by atoms with E-state index < -0.39 is 0 Å². The maximum absolute atomic E-state index is 12.6. The Bertz CT molecular complexity index is 584. The lowest BCUT2D eigenvalue weighted by Gasteiger charge is -2.22. The molecule has 2 aromatic rings. The van der Waals surface area contributed by atoms with Gasteiger partial charge >= 0.3 is 0 Å². The minimum Gasteiger partial charge on any atom is -0.334 e. The topological polar surface area (TPSA) is 20.3 Å². The Morgan fingerprint density at radius 3 is 2.70 bits per heavy atom. The number of nitrogens with zero attached hydrogens (tertiary/aromatic N) is 1. The molecule has 0 spiro atoms. The molecule has 0 atom stereocenters. The molecule has 0 saturated heterocycles. The van der Waals surface area contributed by atoms with Gasteiger partial charge in [-0.05, 0) is 47.0 Å². The largest absolute Gasteiger partial charge is 0.334 e. The van der Waals surface area contributed by atoms with E-state index >= 15 is 0 Å². The number of amides is 1. The molecule has 1 aromatic heterocycles. The third-order valence-electron chi connectivity index (χ3n) is 2.90. The monoisotopic (exact) mass is 327 g/mol. The summed E-state index contributed by atoms with van der Waals surface area (Å²) in [5.74, 6) is -0.0558. The quantitative estimate of drug-likeness (QED) is 0.747. The average molecular weight is 328 g/mol. The van der Waals surface area contributed by atoms with Gasteiger partial charge in [0.25, 0.3) is 5.91 Å². The lowest BCUT2D eigenvalue weighted by molar-refractivity contribution is 0.0743. The van der Waals surface area contributed by atoms with Gasteiger partial charge in [0.05, 0.1) is 10.6 Å². The van der Waals surface area contributed by atoms with Crippen molar-refractivity contribution in [2.45, 2.75) is 19.9 Å². The van der Waals surface area contributed by atoms with Crippen LogP contribution in [-0.4, -0.2) is 17.4 Å². The normalized spacial score (nSPS) is 10.6. The lowest BCUT2D eigenvalue weighted by atomic mass is 10.1. The van der Waals surface area contributed by atoms with Crippen LogP contribution in [0.4, 0.5) is 0 Å². The van der Waals surface area contributed by atoms with E-state index in [0.717, 1.165) is 12.0 Å². The summed E-state index contributed by atoms with van der Waals surface area (Å²) < 4.78 is 0. The van der Waals surface area contributed by atoms with Crippen molar-refractivity contribution in [3.8, 4) is 0 Å². The first kappa shape index (κ1) is 15.4. The van der Waals surface area contributed by atoms with Crippen LogP contribution in [-0.2, 0) is 6.54 Å². The standard InChI is InChI=1S/C15H15Cl2NOS/c1-2-6-18(9-11-5-7-20-10-11)15(19)13-4-3-12(16)8-14(13)17/h3-5,7-8,10H,2,6,9H2,1H3. The lowest BCUT2D eigenvalue weighted by Crippen LogP contribution is -2.31. The molecule has 106 valence electrons. The van der Waals surface area contributed by atoms with Crippen molar-refractivity contribution in [1.29, 1.82) is 0 Å². The van der Waals surface area contributed by atoms with Crippen LogP contribution in [0.1, 0.15) is 29.3 Å². The van der Waals surface area contributed by atoms with Crippen LogP contribution in [0.3, 0.4) is 0 Å². The van der Waals surface area contributed by atoms with Gasteiger partial charge in [0.1, 0.15) is 0 Å². The Balaban J connectivity index is 2.21. The van der Waals surface area contributed by atoms with Crippen LogP contribution in [0.15, 0.2) is 35.0 Å². The first-order valence-corrected chi connectivity index (χ1v) is 8.07. The highest BCUT2D eigenvalue weighted by Crippen LogP contribution is 2.23. The summed E-state index contributed by atoms with van der Waals surface area (Å²) in [6.07, 6.45) is 0.904. The average Bonchev–Trinajstić information content (AvgIpc) is 2.90. The van der Waals surface area contributed by atoms with Crippen molar-refractivity contribution in [2.75, 3.05) is 6.54 Å². The molecule has 0 aliphatic rings. The molecule has 1 heterocycles. The van der Waals surface area contributed by atoms with Gasteiger partial charge in [-0.1, -0.05) is 30.1 Å². The smallest absolute Gasteiger partial charge is 0.255 e. The number of thiophene rings is 1. The fraction of sp³-hybridized carbons (Fsp3) is 0.267. The Labute approximate surface area is 132 Å². The third kappa shape index (κ3) is 3.75. The summed E-state index contributed by atoms with van der Waals surface area (Å²) in [6.45, 7) is 3.36. The van der Waals surface area contributed by atoms with Gasteiger partial charge in [0.15, 0.2) is 0 Å². The number of hydrogen-bond acceptors (Lipinski definition) is 2. The highest BCUT2D eigenvalue weighted by atomic mass is 35.5. The van der Waals surface area contributed by atoms with Crippen molar-refractivity contribution in [3.63, 3.8) is 0 Å². The molecule has 0 saturated carbocycles. The first-order chi connectivity index (χ1) is 9.61. The molecule has 0 bridgehead atoms. The van der Waals surface area contributed by atoms with E-state index in [9.17, 15) is 4.79 Å². The maximum atomic E-state index is 12.6. The highest BCUT2D eigenvalue weighted by molar-refractivity contribution is 7.07. The molecule has 0 unspecified atom stereocenters. The maximum Gasteiger partial charge on any atom is 0.255 e. The number of carbonyl (C=O) groups is 1. The van der Waals surface area contributed by atoms with Crippen molar-refractivity contribution in [2.24, 2.45) is 0 Å². The molecular weight excluding hydrogens is 313 g/mol. The van der Waals surface area contributed by atoms with Crippen molar-refractivity contribution >= 4 is 40.4 Å². The summed E-state index contributed by atoms with van der Waals surface area (Å²) in [7, 11) is 0. The molecule has 0 radical (unpaired) electrons. The van der Waals surface area contributed by atoms with Gasteiger partial charge < -0.3 is 4.90 Å². The van der Waals surface area contributed by atoms with Gasteiger partial charge in [0, 0.05) is 18.1 Å². The van der Waals surface area contributed by atoms with Crippen molar-refractivity contribution < 1.29 is 4.79 Å². The number of halogens is 2. The molecule has 0 aliphatic carbocycles. The molecule has 1 amide bonds. The predicted octanol–water partition coefficient (Wildman–Crippen LogP) is 5.11. The van der Waals surface area contributed by atoms with Crippen LogP contribution < -0.4 is 0 Å². The summed E-state index contributed by atoms with van der Waals surface area (Å²) >= 11 is 13.6. The zero-order valence-corrected chi connectivity index (χ0v) is 13.4. The van der Waals surface area contributed by atoms with Crippen LogP contribution in [0, 0.1) is 0 Å². The number of rotatable bonds is 5. The van der Waals surface area contributed by atoms with Crippen LogP contribution in [0.25, 0.3) is 0 Å². The number of benzene rings is 1. The second-order valence-corrected chi connectivity index (χ2v) is 6.11. The van der Waals surface area contributed by atoms with Crippen LogP contribution >= 0.6 is 34.5 Å². The summed E-state index contributed by atoms with van der Waals surface area (Å²) in [6, 6.07) is 7.01. The molecule has 2 nitrogen and oxygen atoms in total. The van der Waals surface area contributed by atoms with E-state index in [2.05, 4.69) is 12.3 Å². The number of hydrogen-bond donors (Lipinski definition) is 0. The van der Waals surface area contributed by atoms with Crippen LogP contribution in [0.5, 0.6) is 0 Å². The van der Waals surface area contributed by atoms with Gasteiger partial charge in [-0.15, -0.1) is 0 Å². The highest BCUT2D eigenvalue weighted by Gasteiger charge is 2.18. The minimum atomic E-state index is -0.0558. The summed E-state index contributed by atoms with van der Waals surface area (Å²) in [4.78, 5) is 14.4. The zero-order valence-electron chi connectivity index (χ0n) is 11.1. The van der Waals surface area contributed by atoms with E-state index in [-0.39, 0.29) is 5.91 Å². The predicted molar refractivity (Wildman–Crippen MR) is 85.8 cm³/mol. The van der Waals surface area contributed by atoms with Crippen LogP contribution in [0.2, 0.25) is 10.0 Å². The zero-order chi connectivity index (χ0) is 14.5. The number of carbonyl (C=O) groups excluding carboxylic acids is 1. The van der Waals surface area contributed by atoms with Gasteiger partial charge in [-0.2, -0.15) is 11.3 Å². The van der Waals surface area contributed by atoms with E-state index in [1.807, 2.05) is 16.3 Å². The van der Waals surface area contributed by atoms with Gasteiger partial charge in [-0.25, -0.2) is 0 Å². The SMILES string of the molecule is CCCN(Cc1ccsc1)C(=O)c1ccc(Cl)cc1Cl. The fourth-order valence-corrected chi connectivity index (χ4v) is 3.11. The van der Waals surface area contributed by atoms with E-state index in [4.69, 9.17) is 23.2 Å². The molecule has 1 aromatic carbocycles. The third-order valence-corrected chi connectivity index (χ3v) is 4.18. The molecule has 5 heteroatoms. The van der Waals surface area contributed by atoms with Crippen molar-refractivity contribution in [3.05, 3.63) is 56.2 Å². The molecule has 0 fully saturated rings. The summed E-state index contributed by atoms with van der Waals surface area (Å²) in [5, 5.41) is 5.00. The molecular formula is C15H15Cl2NOS. The van der Waals surface area contributed by atoms with E-state index in [1.165, 1.54) is 0 Å². The van der Waals surface area contributed by atoms with E-state index in [1.54, 1.807) is 29.5 Å². The van der Waals surface area contributed by atoms with Gasteiger partial charge in [-0.3, -0.25) is 4.79 Å². The molecule has 2 rings (SSSR count). The second kappa shape index (κ2) is 7.11. The first-order valence-electron chi connectivity index (χ1n) is 6.37. The van der Waals surface area contributed by atoms with E-state index in [0.29, 0.717) is 28.7 Å². The second-order valence-electron chi connectivity index (χ2n) is 4.48. The molecule has 20 heavy (non-hydrogen) atoms.